The standard InChI is InChI=1S/C28H38N4O7S/c1-22-28(12-21-40(35,36)25-6-3-2-4-7-25,27(34)31-29-13-14-32-15-19-37-20-16-32)30-26(39-22)23-8-10-24(11-9-23)38-18-5-17-33/h2-4,6-11,22,29,33H,5,12-21H2,1H3,(H,31,34)/t22-,28-/m0/s1. The average molecular weight is 575 g/mol. The quantitative estimate of drug-likeness (QED) is 0.224. The zero-order valence-corrected chi connectivity index (χ0v) is 23.6. The van der Waals surface area contributed by atoms with E-state index in [1.54, 1.807) is 61.5 Å². The number of hydrogen-bond donors (Lipinski definition) is 3. The SMILES string of the molecule is C[C@@H]1OC(c2ccc(OCCCO)cc2)=N[C@]1(CCS(=O)(=O)c1ccccc1)C(=O)NNCCN1CCOCC1. The summed E-state index contributed by atoms with van der Waals surface area (Å²) in [6.07, 6.45) is -0.247. The number of amides is 1. The summed E-state index contributed by atoms with van der Waals surface area (Å²) in [5.41, 5.74) is 4.91. The first-order valence-corrected chi connectivity index (χ1v) is 15.2. The lowest BCUT2D eigenvalue weighted by atomic mass is 9.90. The number of carbonyl (C=O) groups is 1. The van der Waals surface area contributed by atoms with E-state index in [2.05, 4.69) is 15.8 Å². The first kappa shape index (κ1) is 29.9. The predicted molar refractivity (Wildman–Crippen MR) is 150 cm³/mol. The smallest absolute Gasteiger partial charge is 0.266 e. The number of morpholine rings is 1. The van der Waals surface area contributed by atoms with Crippen LogP contribution in [0.1, 0.15) is 25.3 Å². The van der Waals surface area contributed by atoms with E-state index in [-0.39, 0.29) is 29.6 Å². The van der Waals surface area contributed by atoms with Crippen molar-refractivity contribution in [1.82, 2.24) is 15.8 Å². The van der Waals surface area contributed by atoms with E-state index in [9.17, 15) is 13.2 Å². The molecule has 0 aliphatic carbocycles. The zero-order chi connectivity index (χ0) is 28.4. The largest absolute Gasteiger partial charge is 0.494 e. The highest BCUT2D eigenvalue weighted by molar-refractivity contribution is 7.91. The molecule has 2 atom stereocenters. The second-order valence-electron chi connectivity index (χ2n) is 9.77. The van der Waals surface area contributed by atoms with E-state index in [0.717, 1.165) is 19.6 Å². The Kier molecular flexibility index (Phi) is 10.5. The Morgan fingerprint density at radius 1 is 1.15 bits per heavy atom. The number of aliphatic hydroxyl groups is 1. The number of hydrazine groups is 1. The molecule has 218 valence electrons. The van der Waals surface area contributed by atoms with Gasteiger partial charge in [0.05, 0.1) is 30.5 Å². The Morgan fingerprint density at radius 3 is 2.58 bits per heavy atom. The van der Waals surface area contributed by atoms with Crippen LogP contribution in [0.25, 0.3) is 0 Å². The van der Waals surface area contributed by atoms with Crippen molar-refractivity contribution in [2.24, 2.45) is 4.99 Å². The normalized spacial score (nSPS) is 21.4. The molecular weight excluding hydrogens is 536 g/mol. The number of rotatable bonds is 14. The van der Waals surface area contributed by atoms with Gasteiger partial charge in [-0.1, -0.05) is 18.2 Å². The maximum absolute atomic E-state index is 13.6. The van der Waals surface area contributed by atoms with E-state index in [4.69, 9.17) is 24.3 Å². The van der Waals surface area contributed by atoms with Crippen LogP contribution in [0.4, 0.5) is 0 Å². The first-order chi connectivity index (χ1) is 19.3. The van der Waals surface area contributed by atoms with Gasteiger partial charge in [0.15, 0.2) is 15.4 Å². The number of nitrogens with zero attached hydrogens (tertiary/aromatic N) is 2. The average Bonchev–Trinajstić information content (AvgIpc) is 3.33. The van der Waals surface area contributed by atoms with Crippen LogP contribution in [-0.2, 0) is 24.1 Å². The van der Waals surface area contributed by atoms with Gasteiger partial charge in [-0.25, -0.2) is 18.8 Å². The van der Waals surface area contributed by atoms with E-state index in [0.29, 0.717) is 44.1 Å². The number of aliphatic imine (C=N–C) groups is 1. The molecule has 0 unspecified atom stereocenters. The van der Waals surface area contributed by atoms with Gasteiger partial charge in [-0.2, -0.15) is 0 Å². The molecule has 2 aliphatic heterocycles. The van der Waals surface area contributed by atoms with Crippen LogP contribution in [0.3, 0.4) is 0 Å². The second kappa shape index (κ2) is 14.0. The fraction of sp³-hybridized carbons (Fsp3) is 0.500. The number of hydrogen-bond acceptors (Lipinski definition) is 10. The number of carbonyl (C=O) groups excluding carboxylic acids is 1. The molecule has 3 N–H and O–H groups in total. The lowest BCUT2D eigenvalue weighted by Crippen LogP contribution is -2.56. The molecule has 2 aliphatic rings. The maximum Gasteiger partial charge on any atom is 0.266 e. The van der Waals surface area contributed by atoms with Crippen molar-refractivity contribution in [3.8, 4) is 5.75 Å². The number of nitrogens with one attached hydrogen (secondary N) is 2. The predicted octanol–water partition coefficient (Wildman–Crippen LogP) is 1.17. The van der Waals surface area contributed by atoms with Gasteiger partial charge in [0, 0.05) is 44.8 Å². The third-order valence-electron chi connectivity index (χ3n) is 7.04. The van der Waals surface area contributed by atoms with E-state index >= 15 is 0 Å². The third kappa shape index (κ3) is 7.58. The summed E-state index contributed by atoms with van der Waals surface area (Å²) < 4.78 is 43.3. The summed E-state index contributed by atoms with van der Waals surface area (Å²) in [6.45, 7) is 6.45. The van der Waals surface area contributed by atoms with Gasteiger partial charge in [-0.3, -0.25) is 15.1 Å². The van der Waals surface area contributed by atoms with Crippen molar-refractivity contribution in [2.45, 2.75) is 36.3 Å². The van der Waals surface area contributed by atoms with Crippen LogP contribution in [0.15, 0.2) is 64.5 Å². The van der Waals surface area contributed by atoms with Crippen molar-refractivity contribution in [3.05, 3.63) is 60.2 Å². The van der Waals surface area contributed by atoms with Crippen LogP contribution in [0, 0.1) is 0 Å². The lowest BCUT2D eigenvalue weighted by Gasteiger charge is -2.29. The minimum Gasteiger partial charge on any atom is -0.494 e. The molecule has 12 heteroatoms. The highest BCUT2D eigenvalue weighted by atomic mass is 32.2. The highest BCUT2D eigenvalue weighted by Gasteiger charge is 2.50. The van der Waals surface area contributed by atoms with Crippen LogP contribution in [0.5, 0.6) is 5.75 Å². The Hall–Kier alpha value is -3.03. The zero-order valence-electron chi connectivity index (χ0n) is 22.8. The molecule has 0 saturated carbocycles. The highest BCUT2D eigenvalue weighted by Crippen LogP contribution is 2.33. The molecule has 1 amide bonds. The van der Waals surface area contributed by atoms with Gasteiger partial charge in [0.1, 0.15) is 11.9 Å². The second-order valence-corrected chi connectivity index (χ2v) is 11.9. The topological polar surface area (TPSA) is 139 Å². The summed E-state index contributed by atoms with van der Waals surface area (Å²) in [4.78, 5) is 20.8. The van der Waals surface area contributed by atoms with Crippen molar-refractivity contribution >= 4 is 21.6 Å². The fourth-order valence-corrected chi connectivity index (χ4v) is 5.97. The van der Waals surface area contributed by atoms with E-state index in [1.165, 1.54) is 0 Å². The van der Waals surface area contributed by atoms with Crippen molar-refractivity contribution in [1.29, 1.82) is 0 Å². The Balaban J connectivity index is 1.50. The molecule has 0 aromatic heterocycles. The first-order valence-electron chi connectivity index (χ1n) is 13.6. The Bertz CT molecular complexity index is 1240. The number of aliphatic hydroxyl groups excluding tert-OH is 1. The Labute approximate surface area is 235 Å². The molecule has 0 radical (unpaired) electrons. The summed E-state index contributed by atoms with van der Waals surface area (Å²) in [6, 6.07) is 15.2. The Morgan fingerprint density at radius 2 is 1.88 bits per heavy atom. The van der Waals surface area contributed by atoms with Gasteiger partial charge in [-0.15, -0.1) is 0 Å². The number of sulfone groups is 1. The molecule has 11 nitrogen and oxygen atoms in total. The van der Waals surface area contributed by atoms with Crippen molar-refractivity contribution < 1.29 is 32.5 Å². The molecule has 1 fully saturated rings. The van der Waals surface area contributed by atoms with Gasteiger partial charge < -0.3 is 19.3 Å². The molecular formula is C28H38N4O7S. The number of benzene rings is 2. The molecule has 2 aromatic rings. The van der Waals surface area contributed by atoms with Crippen molar-refractivity contribution in [3.63, 3.8) is 0 Å². The summed E-state index contributed by atoms with van der Waals surface area (Å²) in [7, 11) is -3.66. The lowest BCUT2D eigenvalue weighted by molar-refractivity contribution is -0.129. The molecule has 2 heterocycles. The third-order valence-corrected chi connectivity index (χ3v) is 8.77. The molecule has 1 saturated heterocycles. The molecule has 40 heavy (non-hydrogen) atoms. The van der Waals surface area contributed by atoms with Gasteiger partial charge in [0.25, 0.3) is 5.91 Å². The summed E-state index contributed by atoms with van der Waals surface area (Å²) in [5.74, 6) is 0.158. The van der Waals surface area contributed by atoms with Gasteiger partial charge in [0.2, 0.25) is 5.90 Å². The van der Waals surface area contributed by atoms with Crippen LogP contribution in [-0.4, -0.2) is 100 Å². The summed E-state index contributed by atoms with van der Waals surface area (Å²) in [5, 5.41) is 8.94. The van der Waals surface area contributed by atoms with Crippen LogP contribution >= 0.6 is 0 Å². The molecule has 0 bridgehead atoms. The van der Waals surface area contributed by atoms with Gasteiger partial charge in [-0.05, 0) is 49.7 Å². The number of ether oxygens (including phenoxy) is 3. The maximum atomic E-state index is 13.6. The minimum atomic E-state index is -3.66. The molecule has 4 rings (SSSR count). The van der Waals surface area contributed by atoms with Crippen LogP contribution < -0.4 is 15.6 Å². The van der Waals surface area contributed by atoms with Gasteiger partial charge >= 0.3 is 0 Å². The van der Waals surface area contributed by atoms with Crippen molar-refractivity contribution in [2.75, 3.05) is 58.4 Å². The molecule has 2 aromatic carbocycles. The fourth-order valence-electron chi connectivity index (χ4n) is 4.58. The van der Waals surface area contributed by atoms with Crippen LogP contribution in [0.2, 0.25) is 0 Å². The van der Waals surface area contributed by atoms with E-state index in [1.807, 2.05) is 0 Å². The van der Waals surface area contributed by atoms with E-state index < -0.39 is 27.4 Å². The monoisotopic (exact) mass is 574 g/mol. The minimum absolute atomic E-state index is 0.0484. The molecule has 0 spiro atoms. The summed E-state index contributed by atoms with van der Waals surface area (Å²) >= 11 is 0.